The van der Waals surface area contributed by atoms with Crippen molar-refractivity contribution in [2.45, 2.75) is 6.54 Å². The summed E-state index contributed by atoms with van der Waals surface area (Å²) in [7, 11) is -2.46. The summed E-state index contributed by atoms with van der Waals surface area (Å²) in [6.07, 6.45) is 6.44. The Morgan fingerprint density at radius 3 is 2.85 bits per heavy atom. The maximum Gasteiger partial charge on any atom is 0.264 e. The van der Waals surface area contributed by atoms with Gasteiger partial charge in [0, 0.05) is 35.5 Å². The number of benzene rings is 2. The van der Waals surface area contributed by atoms with Gasteiger partial charge in [0.25, 0.3) is 15.9 Å². The molecule has 0 saturated carbocycles. The molecule has 172 valence electrons. The van der Waals surface area contributed by atoms with Crippen LogP contribution in [0.2, 0.25) is 5.02 Å². The van der Waals surface area contributed by atoms with Crippen molar-refractivity contribution in [3.63, 3.8) is 0 Å². The molecule has 0 aromatic heterocycles. The van der Waals surface area contributed by atoms with Gasteiger partial charge in [0.05, 0.1) is 29.1 Å². The van der Waals surface area contributed by atoms with Gasteiger partial charge in [-0.3, -0.25) is 13.8 Å². The van der Waals surface area contributed by atoms with Crippen molar-refractivity contribution in [1.29, 1.82) is 0 Å². The van der Waals surface area contributed by atoms with Crippen LogP contribution in [0.25, 0.3) is 0 Å². The molecular weight excluding hydrogens is 555 g/mol. The lowest BCUT2D eigenvalue weighted by molar-refractivity contribution is 0.0786. The molecule has 0 spiro atoms. The first-order valence-corrected chi connectivity index (χ1v) is 12.9. The van der Waals surface area contributed by atoms with Crippen LogP contribution in [0.3, 0.4) is 0 Å². The molecule has 0 fully saturated rings. The lowest BCUT2D eigenvalue weighted by Crippen LogP contribution is -2.28. The summed E-state index contributed by atoms with van der Waals surface area (Å²) in [6, 6.07) is 8.64. The summed E-state index contributed by atoms with van der Waals surface area (Å²) < 4.78 is 47.5. The number of sulfonamides is 1. The van der Waals surface area contributed by atoms with Crippen molar-refractivity contribution in [1.82, 2.24) is 13.9 Å². The Bertz CT molecular complexity index is 1330. The maximum atomic E-state index is 13.3. The maximum absolute atomic E-state index is 13.3. The molecule has 2 aromatic carbocycles. The molecule has 4 rings (SSSR count). The number of carbonyl (C=O) groups excluding carboxylic acids is 1. The van der Waals surface area contributed by atoms with E-state index < -0.39 is 21.7 Å². The summed E-state index contributed by atoms with van der Waals surface area (Å²) in [5.74, 6) is -0.907. The number of fused-ring (bicyclic) bond motifs is 1. The summed E-state index contributed by atoms with van der Waals surface area (Å²) in [5, 5.41) is 0.199. The van der Waals surface area contributed by atoms with Crippen LogP contribution in [-0.4, -0.2) is 30.6 Å². The third-order valence-corrected chi connectivity index (χ3v) is 7.82. The number of hydrogen-bond donors (Lipinski definition) is 2. The van der Waals surface area contributed by atoms with Crippen LogP contribution in [0.1, 0.15) is 15.9 Å². The van der Waals surface area contributed by atoms with Crippen LogP contribution in [0.15, 0.2) is 76.0 Å². The standard InChI is InChI=1S/C21H17BrClFN4O3S2/c1-27(12-13-4-6-15(24)10-17(13)23)21(29)16-7-5-14(22)9-18(16)26-33(30,31)20-3-2-8-28-19(20)11-25-32-28/h2-11,25-26H,12H2,1H3. The Balaban J connectivity index is 1.61. The molecule has 0 bridgehead atoms. The minimum atomic E-state index is -4.02. The van der Waals surface area contributed by atoms with E-state index in [2.05, 4.69) is 25.4 Å². The molecule has 0 unspecified atom stereocenters. The lowest BCUT2D eigenvalue weighted by atomic mass is 10.1. The highest BCUT2D eigenvalue weighted by molar-refractivity contribution is 9.10. The molecule has 0 atom stereocenters. The fraction of sp³-hybridized carbons (Fsp3) is 0.0952. The van der Waals surface area contributed by atoms with Crippen molar-refractivity contribution in [3.05, 3.63) is 98.0 Å². The molecular formula is C21H17BrClFN4O3S2. The molecule has 12 heteroatoms. The van der Waals surface area contributed by atoms with E-state index >= 15 is 0 Å². The molecule has 1 amide bonds. The number of nitrogens with zero attached hydrogens (tertiary/aromatic N) is 2. The molecule has 2 aromatic rings. The van der Waals surface area contributed by atoms with Gasteiger partial charge in [-0.25, -0.2) is 12.8 Å². The highest BCUT2D eigenvalue weighted by Gasteiger charge is 2.31. The first-order valence-electron chi connectivity index (χ1n) is 9.48. The number of hydrogen-bond acceptors (Lipinski definition) is 6. The van der Waals surface area contributed by atoms with Crippen molar-refractivity contribution in [3.8, 4) is 0 Å². The molecule has 0 radical (unpaired) electrons. The second-order valence-corrected chi connectivity index (χ2v) is 10.9. The molecule has 33 heavy (non-hydrogen) atoms. The van der Waals surface area contributed by atoms with Crippen LogP contribution in [0, 0.1) is 5.82 Å². The number of carbonyl (C=O) groups is 1. The van der Waals surface area contributed by atoms with Crippen LogP contribution in [0.4, 0.5) is 10.1 Å². The summed E-state index contributed by atoms with van der Waals surface area (Å²) in [6.45, 7) is 0.112. The van der Waals surface area contributed by atoms with E-state index in [4.69, 9.17) is 11.6 Å². The van der Waals surface area contributed by atoms with Crippen molar-refractivity contribution < 1.29 is 17.6 Å². The highest BCUT2D eigenvalue weighted by atomic mass is 79.9. The fourth-order valence-electron chi connectivity index (χ4n) is 3.23. The minimum absolute atomic E-state index is 0.0623. The predicted octanol–water partition coefficient (Wildman–Crippen LogP) is 4.98. The van der Waals surface area contributed by atoms with Crippen LogP contribution in [0.5, 0.6) is 0 Å². The Morgan fingerprint density at radius 2 is 2.09 bits per heavy atom. The number of allylic oxidation sites excluding steroid dienone is 2. The first-order chi connectivity index (χ1) is 15.7. The van der Waals surface area contributed by atoms with E-state index in [1.54, 1.807) is 35.9 Å². The van der Waals surface area contributed by atoms with E-state index in [0.29, 0.717) is 15.7 Å². The van der Waals surface area contributed by atoms with Gasteiger partial charge >= 0.3 is 0 Å². The average Bonchev–Trinajstić information content (AvgIpc) is 3.24. The van der Waals surface area contributed by atoms with Crippen LogP contribution < -0.4 is 9.44 Å². The van der Waals surface area contributed by atoms with Crippen LogP contribution >= 0.6 is 39.7 Å². The third-order valence-electron chi connectivity index (χ3n) is 4.82. The van der Waals surface area contributed by atoms with Gasteiger partial charge in [0.1, 0.15) is 10.7 Å². The van der Waals surface area contributed by atoms with Gasteiger partial charge in [-0.2, -0.15) is 0 Å². The van der Waals surface area contributed by atoms with Gasteiger partial charge in [-0.1, -0.05) is 33.6 Å². The average molecular weight is 572 g/mol. The van der Waals surface area contributed by atoms with E-state index in [0.717, 1.165) is 0 Å². The number of amides is 1. The van der Waals surface area contributed by atoms with Gasteiger partial charge < -0.3 is 9.62 Å². The van der Waals surface area contributed by atoms with Gasteiger partial charge in [-0.15, -0.1) is 0 Å². The van der Waals surface area contributed by atoms with E-state index in [1.807, 2.05) is 0 Å². The smallest absolute Gasteiger partial charge is 0.264 e. The molecule has 2 N–H and O–H groups in total. The largest absolute Gasteiger partial charge is 0.337 e. The van der Waals surface area contributed by atoms with E-state index in [9.17, 15) is 17.6 Å². The molecule has 7 nitrogen and oxygen atoms in total. The van der Waals surface area contributed by atoms with E-state index in [-0.39, 0.29) is 27.7 Å². The van der Waals surface area contributed by atoms with Crippen molar-refractivity contribution in [2.24, 2.45) is 0 Å². The van der Waals surface area contributed by atoms with Crippen molar-refractivity contribution in [2.75, 3.05) is 11.8 Å². The van der Waals surface area contributed by atoms with Gasteiger partial charge in [0.2, 0.25) is 0 Å². The number of anilines is 1. The highest BCUT2D eigenvalue weighted by Crippen LogP contribution is 2.34. The summed E-state index contributed by atoms with van der Waals surface area (Å²) >= 11 is 10.7. The molecule has 0 aliphatic carbocycles. The number of nitrogens with one attached hydrogen (secondary N) is 2. The van der Waals surface area contributed by atoms with Crippen molar-refractivity contribution >= 4 is 61.3 Å². The fourth-order valence-corrected chi connectivity index (χ4v) is 5.80. The SMILES string of the molecule is CN(Cc1ccc(F)cc1Cl)C(=O)c1ccc(Br)cc1NS(=O)(=O)C1=CC=CN2SNC=C12. The number of halogens is 3. The topological polar surface area (TPSA) is 81.8 Å². The first kappa shape index (κ1) is 23.7. The zero-order valence-corrected chi connectivity index (χ0v) is 21.0. The van der Waals surface area contributed by atoms with Gasteiger partial charge in [-0.05, 0) is 48.0 Å². The second-order valence-electron chi connectivity index (χ2n) is 7.13. The quantitative estimate of drug-likeness (QED) is 0.476. The number of rotatable bonds is 6. The Labute approximate surface area is 208 Å². The summed E-state index contributed by atoms with van der Waals surface area (Å²) in [4.78, 5) is 14.6. The second kappa shape index (κ2) is 9.41. The Morgan fingerprint density at radius 1 is 1.30 bits per heavy atom. The predicted molar refractivity (Wildman–Crippen MR) is 132 cm³/mol. The lowest BCUT2D eigenvalue weighted by Gasteiger charge is -2.23. The molecule has 2 aliphatic heterocycles. The third kappa shape index (κ3) is 5.06. The Hall–Kier alpha value is -2.47. The zero-order chi connectivity index (χ0) is 23.8. The summed E-state index contributed by atoms with van der Waals surface area (Å²) in [5.41, 5.74) is 1.30. The molecule has 2 heterocycles. The normalized spacial score (nSPS) is 14.8. The molecule has 2 aliphatic rings. The van der Waals surface area contributed by atoms with Crippen LogP contribution in [-0.2, 0) is 16.6 Å². The zero-order valence-electron chi connectivity index (χ0n) is 17.1. The van der Waals surface area contributed by atoms with Gasteiger partial charge in [0.15, 0.2) is 0 Å². The minimum Gasteiger partial charge on any atom is -0.337 e. The van der Waals surface area contributed by atoms with E-state index in [1.165, 1.54) is 53.4 Å². The Kier molecular flexibility index (Phi) is 6.76. The molecule has 0 saturated heterocycles. The monoisotopic (exact) mass is 570 g/mol.